The Morgan fingerprint density at radius 3 is 2.56 bits per heavy atom. The first-order chi connectivity index (χ1) is 11.9. The second-order valence-electron chi connectivity index (χ2n) is 5.75. The molecule has 1 aromatic carbocycles. The van der Waals surface area contributed by atoms with Crippen LogP contribution in [0.3, 0.4) is 0 Å². The van der Waals surface area contributed by atoms with E-state index in [1.54, 1.807) is 13.0 Å². The number of nitrogens with one attached hydrogen (secondary N) is 1. The van der Waals surface area contributed by atoms with Gasteiger partial charge in [0.05, 0.1) is 16.9 Å². The SMILES string of the molecule is Cc1cnc(C(=O)Nc2ccc(Cl)c(S(=O)(=O)N3CCCC3)c2)cn1. The van der Waals surface area contributed by atoms with E-state index >= 15 is 0 Å². The molecule has 1 aliphatic rings. The molecule has 0 bridgehead atoms. The molecular formula is C16H17ClN4O3S. The predicted molar refractivity (Wildman–Crippen MR) is 94.2 cm³/mol. The van der Waals surface area contributed by atoms with Gasteiger partial charge in [0.2, 0.25) is 10.0 Å². The Morgan fingerprint density at radius 2 is 1.92 bits per heavy atom. The first kappa shape index (κ1) is 17.8. The molecule has 0 unspecified atom stereocenters. The molecule has 1 N–H and O–H groups in total. The minimum absolute atomic E-state index is 0.0103. The van der Waals surface area contributed by atoms with Crippen LogP contribution >= 0.6 is 11.6 Å². The Hall–Kier alpha value is -2.03. The molecule has 2 aromatic rings. The highest BCUT2D eigenvalue weighted by molar-refractivity contribution is 7.89. The van der Waals surface area contributed by atoms with Gasteiger partial charge in [0, 0.05) is 25.0 Å². The largest absolute Gasteiger partial charge is 0.321 e. The van der Waals surface area contributed by atoms with Crippen LogP contribution in [0.4, 0.5) is 5.69 Å². The van der Waals surface area contributed by atoms with Crippen LogP contribution in [-0.2, 0) is 10.0 Å². The van der Waals surface area contributed by atoms with E-state index in [2.05, 4.69) is 15.3 Å². The number of halogens is 1. The maximum atomic E-state index is 12.7. The molecule has 0 saturated carbocycles. The zero-order valence-corrected chi connectivity index (χ0v) is 15.1. The molecule has 0 radical (unpaired) electrons. The second-order valence-corrected chi connectivity index (χ2v) is 8.07. The molecule has 7 nitrogen and oxygen atoms in total. The lowest BCUT2D eigenvalue weighted by molar-refractivity contribution is 0.102. The molecule has 25 heavy (non-hydrogen) atoms. The summed E-state index contributed by atoms with van der Waals surface area (Å²) in [5.74, 6) is -0.473. The van der Waals surface area contributed by atoms with Crippen molar-refractivity contribution in [1.82, 2.24) is 14.3 Å². The fourth-order valence-corrected chi connectivity index (χ4v) is 4.57. The summed E-state index contributed by atoms with van der Waals surface area (Å²) in [5, 5.41) is 2.75. The average Bonchev–Trinajstić information content (AvgIpc) is 3.12. The lowest BCUT2D eigenvalue weighted by atomic mass is 10.3. The van der Waals surface area contributed by atoms with Crippen LogP contribution in [0.2, 0.25) is 5.02 Å². The Labute approximate surface area is 151 Å². The van der Waals surface area contributed by atoms with Crippen molar-refractivity contribution in [2.45, 2.75) is 24.7 Å². The van der Waals surface area contributed by atoms with Gasteiger partial charge >= 0.3 is 0 Å². The first-order valence-corrected chi connectivity index (χ1v) is 9.59. The van der Waals surface area contributed by atoms with Gasteiger partial charge in [-0.2, -0.15) is 4.31 Å². The van der Waals surface area contributed by atoms with E-state index in [-0.39, 0.29) is 15.6 Å². The number of nitrogens with zero attached hydrogens (tertiary/aromatic N) is 3. The van der Waals surface area contributed by atoms with Crippen molar-refractivity contribution in [3.8, 4) is 0 Å². The summed E-state index contributed by atoms with van der Waals surface area (Å²) in [6, 6.07) is 4.38. The highest BCUT2D eigenvalue weighted by Gasteiger charge is 2.29. The first-order valence-electron chi connectivity index (χ1n) is 7.77. The quantitative estimate of drug-likeness (QED) is 0.879. The van der Waals surface area contributed by atoms with E-state index in [0.29, 0.717) is 24.5 Å². The number of carbonyl (C=O) groups excluding carboxylic acids is 1. The van der Waals surface area contributed by atoms with Gasteiger partial charge in [-0.15, -0.1) is 0 Å². The maximum absolute atomic E-state index is 12.7. The van der Waals surface area contributed by atoms with Gasteiger partial charge in [-0.3, -0.25) is 9.78 Å². The third kappa shape index (κ3) is 3.81. The molecule has 1 amide bonds. The number of amides is 1. The van der Waals surface area contributed by atoms with Crippen molar-refractivity contribution in [3.63, 3.8) is 0 Å². The summed E-state index contributed by atoms with van der Waals surface area (Å²) in [4.78, 5) is 20.2. The molecule has 0 aliphatic carbocycles. The van der Waals surface area contributed by atoms with Crippen LogP contribution in [-0.4, -0.2) is 41.7 Å². The van der Waals surface area contributed by atoms with Gasteiger partial charge in [-0.1, -0.05) is 11.6 Å². The third-order valence-corrected chi connectivity index (χ3v) is 6.27. The Bertz CT molecular complexity index is 894. The van der Waals surface area contributed by atoms with Crippen molar-refractivity contribution in [2.75, 3.05) is 18.4 Å². The normalized spacial score (nSPS) is 15.3. The van der Waals surface area contributed by atoms with Crippen molar-refractivity contribution < 1.29 is 13.2 Å². The predicted octanol–water partition coefficient (Wildman–Crippen LogP) is 2.48. The minimum Gasteiger partial charge on any atom is -0.321 e. The Balaban J connectivity index is 1.86. The number of carbonyl (C=O) groups is 1. The zero-order valence-electron chi connectivity index (χ0n) is 13.6. The zero-order chi connectivity index (χ0) is 18.0. The average molecular weight is 381 g/mol. The molecule has 132 valence electrons. The molecule has 3 rings (SSSR count). The number of anilines is 1. The van der Waals surface area contributed by atoms with Crippen molar-refractivity contribution in [2.24, 2.45) is 0 Å². The summed E-state index contributed by atoms with van der Waals surface area (Å²) in [6.07, 6.45) is 4.52. The van der Waals surface area contributed by atoms with Gasteiger partial charge in [0.15, 0.2) is 0 Å². The summed E-state index contributed by atoms with van der Waals surface area (Å²) < 4.78 is 26.8. The molecule has 0 spiro atoms. The highest BCUT2D eigenvalue weighted by atomic mass is 35.5. The van der Waals surface area contributed by atoms with Crippen LogP contribution in [0.15, 0.2) is 35.5 Å². The summed E-state index contributed by atoms with van der Waals surface area (Å²) >= 11 is 6.09. The van der Waals surface area contributed by atoms with Gasteiger partial charge in [0.25, 0.3) is 5.91 Å². The summed E-state index contributed by atoms with van der Waals surface area (Å²) in [7, 11) is -3.68. The van der Waals surface area contributed by atoms with E-state index in [1.165, 1.54) is 28.8 Å². The van der Waals surface area contributed by atoms with Crippen molar-refractivity contribution >= 4 is 33.2 Å². The van der Waals surface area contributed by atoms with E-state index in [9.17, 15) is 13.2 Å². The number of hydrogen-bond acceptors (Lipinski definition) is 5. The Morgan fingerprint density at radius 1 is 1.20 bits per heavy atom. The summed E-state index contributed by atoms with van der Waals surface area (Å²) in [5.41, 5.74) is 1.17. The molecule has 1 aromatic heterocycles. The highest BCUT2D eigenvalue weighted by Crippen LogP contribution is 2.29. The molecule has 1 fully saturated rings. The number of aryl methyl sites for hydroxylation is 1. The van der Waals surface area contributed by atoms with Crippen molar-refractivity contribution in [3.05, 3.63) is 47.0 Å². The number of benzene rings is 1. The maximum Gasteiger partial charge on any atom is 0.275 e. The fourth-order valence-electron chi connectivity index (χ4n) is 2.55. The smallest absolute Gasteiger partial charge is 0.275 e. The number of aromatic nitrogens is 2. The second kappa shape index (κ2) is 7.07. The standard InChI is InChI=1S/C16H17ClN4O3S/c1-11-9-19-14(10-18-11)16(22)20-12-4-5-13(17)15(8-12)25(23,24)21-6-2-3-7-21/h4-5,8-10H,2-3,6-7H2,1H3,(H,20,22). The van der Waals surface area contributed by atoms with Crippen LogP contribution in [0.25, 0.3) is 0 Å². The van der Waals surface area contributed by atoms with Gasteiger partial charge in [-0.05, 0) is 38.0 Å². The van der Waals surface area contributed by atoms with E-state index in [4.69, 9.17) is 11.6 Å². The van der Waals surface area contributed by atoms with Crippen LogP contribution in [0, 0.1) is 6.92 Å². The number of rotatable bonds is 4. The van der Waals surface area contributed by atoms with E-state index in [1.807, 2.05) is 0 Å². The third-order valence-electron chi connectivity index (χ3n) is 3.89. The number of hydrogen-bond donors (Lipinski definition) is 1. The molecule has 9 heteroatoms. The summed E-state index contributed by atoms with van der Waals surface area (Å²) in [6.45, 7) is 2.73. The van der Waals surface area contributed by atoms with Crippen LogP contribution in [0.5, 0.6) is 0 Å². The molecule has 2 heterocycles. The lowest BCUT2D eigenvalue weighted by Crippen LogP contribution is -2.28. The fraction of sp³-hybridized carbons (Fsp3) is 0.312. The van der Waals surface area contributed by atoms with Crippen LogP contribution in [0.1, 0.15) is 29.0 Å². The molecule has 1 saturated heterocycles. The minimum atomic E-state index is -3.68. The van der Waals surface area contributed by atoms with Gasteiger partial charge in [-0.25, -0.2) is 13.4 Å². The van der Waals surface area contributed by atoms with E-state index in [0.717, 1.165) is 12.8 Å². The van der Waals surface area contributed by atoms with Crippen LogP contribution < -0.4 is 5.32 Å². The molecule has 1 aliphatic heterocycles. The number of sulfonamides is 1. The van der Waals surface area contributed by atoms with E-state index < -0.39 is 15.9 Å². The van der Waals surface area contributed by atoms with Gasteiger partial charge < -0.3 is 5.32 Å². The van der Waals surface area contributed by atoms with Crippen molar-refractivity contribution in [1.29, 1.82) is 0 Å². The molecular weight excluding hydrogens is 364 g/mol. The topological polar surface area (TPSA) is 92.3 Å². The van der Waals surface area contributed by atoms with Gasteiger partial charge in [0.1, 0.15) is 10.6 Å². The monoisotopic (exact) mass is 380 g/mol. The Kier molecular flexibility index (Phi) is 5.03. The lowest BCUT2D eigenvalue weighted by Gasteiger charge is -2.17. The molecule has 0 atom stereocenters.